The number of nitrogens with one attached hydrogen (secondary N) is 1. The van der Waals surface area contributed by atoms with E-state index in [4.69, 9.17) is 11.6 Å². The summed E-state index contributed by atoms with van der Waals surface area (Å²) in [7, 11) is 0. The maximum atomic E-state index is 14.0. The minimum absolute atomic E-state index is 0.0196. The number of carbonyl (C=O) groups is 2. The second-order valence-electron chi connectivity index (χ2n) is 7.54. The molecule has 2 amide bonds. The molecule has 0 bridgehead atoms. The Morgan fingerprint density at radius 1 is 1.13 bits per heavy atom. The Kier molecular flexibility index (Phi) is 9.18. The molecular formula is C23H28ClFN2O2S. The van der Waals surface area contributed by atoms with Crippen LogP contribution in [0.2, 0.25) is 5.02 Å². The Hall–Kier alpha value is -2.05. The smallest absolute Gasteiger partial charge is 0.242 e. The molecule has 1 unspecified atom stereocenters. The van der Waals surface area contributed by atoms with Crippen molar-refractivity contribution in [2.75, 3.05) is 5.75 Å². The molecule has 1 atom stereocenters. The molecule has 0 radical (unpaired) electrons. The molecule has 4 nitrogen and oxygen atoms in total. The van der Waals surface area contributed by atoms with E-state index in [-0.39, 0.29) is 35.2 Å². The molecule has 0 aliphatic rings. The van der Waals surface area contributed by atoms with Gasteiger partial charge in [0.15, 0.2) is 0 Å². The Morgan fingerprint density at radius 3 is 2.40 bits per heavy atom. The molecular weight excluding hydrogens is 423 g/mol. The number of aryl methyl sites for hydroxylation is 1. The summed E-state index contributed by atoms with van der Waals surface area (Å²) in [6.45, 7) is 7.81. The number of rotatable bonds is 9. The SMILES string of the molecule is Cc1ccc(CN(C(=O)CSCc2c(F)cccc2Cl)C(C)C(=O)NC(C)C)cc1. The van der Waals surface area contributed by atoms with Crippen molar-refractivity contribution in [2.24, 2.45) is 0 Å². The lowest BCUT2D eigenvalue weighted by molar-refractivity contribution is -0.138. The number of carbonyl (C=O) groups excluding carboxylic acids is 2. The molecule has 1 N–H and O–H groups in total. The van der Waals surface area contributed by atoms with Gasteiger partial charge in [-0.2, -0.15) is 0 Å². The van der Waals surface area contributed by atoms with Crippen molar-refractivity contribution in [3.63, 3.8) is 0 Å². The monoisotopic (exact) mass is 450 g/mol. The molecule has 0 saturated heterocycles. The van der Waals surface area contributed by atoms with E-state index in [1.165, 1.54) is 17.8 Å². The number of thioether (sulfide) groups is 1. The summed E-state index contributed by atoms with van der Waals surface area (Å²) in [5, 5.41) is 3.21. The van der Waals surface area contributed by atoms with Crippen LogP contribution < -0.4 is 5.32 Å². The van der Waals surface area contributed by atoms with Gasteiger partial charge < -0.3 is 10.2 Å². The zero-order chi connectivity index (χ0) is 22.3. The van der Waals surface area contributed by atoms with Gasteiger partial charge in [0.25, 0.3) is 0 Å². The second kappa shape index (κ2) is 11.4. The lowest BCUT2D eigenvalue weighted by atomic mass is 10.1. The van der Waals surface area contributed by atoms with E-state index in [9.17, 15) is 14.0 Å². The quantitative estimate of drug-likeness (QED) is 0.587. The lowest BCUT2D eigenvalue weighted by Crippen LogP contribution is -2.49. The van der Waals surface area contributed by atoms with Gasteiger partial charge in [0.2, 0.25) is 11.8 Å². The van der Waals surface area contributed by atoms with Crippen LogP contribution in [0.4, 0.5) is 4.39 Å². The normalized spacial score (nSPS) is 12.0. The van der Waals surface area contributed by atoms with E-state index < -0.39 is 6.04 Å². The van der Waals surface area contributed by atoms with Crippen LogP contribution in [0.3, 0.4) is 0 Å². The van der Waals surface area contributed by atoms with Crippen LogP contribution in [0.1, 0.15) is 37.5 Å². The maximum Gasteiger partial charge on any atom is 0.242 e. The van der Waals surface area contributed by atoms with Gasteiger partial charge in [0, 0.05) is 28.9 Å². The fourth-order valence-electron chi connectivity index (χ4n) is 2.87. The third-order valence-corrected chi connectivity index (χ3v) is 5.90. The summed E-state index contributed by atoms with van der Waals surface area (Å²) in [5.41, 5.74) is 2.45. The molecule has 0 aliphatic carbocycles. The van der Waals surface area contributed by atoms with Crippen LogP contribution in [0.5, 0.6) is 0 Å². The maximum absolute atomic E-state index is 14.0. The zero-order valence-electron chi connectivity index (χ0n) is 17.7. The van der Waals surface area contributed by atoms with Gasteiger partial charge in [-0.25, -0.2) is 4.39 Å². The average Bonchev–Trinajstić information content (AvgIpc) is 2.68. The van der Waals surface area contributed by atoms with E-state index in [0.29, 0.717) is 17.1 Å². The number of benzene rings is 2. The third kappa shape index (κ3) is 7.03. The molecule has 0 spiro atoms. The lowest BCUT2D eigenvalue weighted by Gasteiger charge is -2.29. The zero-order valence-corrected chi connectivity index (χ0v) is 19.3. The van der Waals surface area contributed by atoms with Crippen molar-refractivity contribution in [1.29, 1.82) is 0 Å². The number of nitrogens with zero attached hydrogens (tertiary/aromatic N) is 1. The van der Waals surface area contributed by atoms with Crippen LogP contribution in [0.15, 0.2) is 42.5 Å². The van der Waals surface area contributed by atoms with Gasteiger partial charge in [-0.05, 0) is 45.4 Å². The Balaban J connectivity index is 2.10. The molecule has 7 heteroatoms. The highest BCUT2D eigenvalue weighted by Crippen LogP contribution is 2.24. The van der Waals surface area contributed by atoms with E-state index in [1.54, 1.807) is 24.0 Å². The molecule has 0 aliphatic heterocycles. The van der Waals surface area contributed by atoms with Crippen LogP contribution >= 0.6 is 23.4 Å². The molecule has 0 heterocycles. The minimum Gasteiger partial charge on any atom is -0.352 e. The molecule has 2 aromatic carbocycles. The minimum atomic E-state index is -0.626. The van der Waals surface area contributed by atoms with Crippen molar-refractivity contribution < 1.29 is 14.0 Å². The topological polar surface area (TPSA) is 49.4 Å². The number of hydrogen-bond acceptors (Lipinski definition) is 3. The van der Waals surface area contributed by atoms with Crippen LogP contribution in [-0.4, -0.2) is 34.6 Å². The number of hydrogen-bond donors (Lipinski definition) is 1. The van der Waals surface area contributed by atoms with E-state index in [2.05, 4.69) is 5.32 Å². The van der Waals surface area contributed by atoms with Crippen LogP contribution in [0.25, 0.3) is 0 Å². The summed E-state index contributed by atoms with van der Waals surface area (Å²) in [4.78, 5) is 27.1. The summed E-state index contributed by atoms with van der Waals surface area (Å²) in [6.07, 6.45) is 0. The molecule has 2 rings (SSSR count). The summed E-state index contributed by atoms with van der Waals surface area (Å²) < 4.78 is 14.0. The average molecular weight is 451 g/mol. The highest BCUT2D eigenvalue weighted by Gasteiger charge is 2.26. The van der Waals surface area contributed by atoms with Gasteiger partial charge in [0.05, 0.1) is 5.75 Å². The molecule has 0 fully saturated rings. The number of amides is 2. The highest BCUT2D eigenvalue weighted by atomic mass is 35.5. The predicted octanol–water partition coefficient (Wildman–Crippen LogP) is 4.96. The largest absolute Gasteiger partial charge is 0.352 e. The first-order chi connectivity index (χ1) is 14.2. The van der Waals surface area contributed by atoms with Crippen molar-refractivity contribution in [3.05, 3.63) is 70.0 Å². The van der Waals surface area contributed by atoms with Crippen LogP contribution in [0, 0.1) is 12.7 Å². The molecule has 0 saturated carbocycles. The first-order valence-corrected chi connectivity index (χ1v) is 11.4. The van der Waals surface area contributed by atoms with Crippen LogP contribution in [-0.2, 0) is 21.9 Å². The van der Waals surface area contributed by atoms with Crippen molar-refractivity contribution in [3.8, 4) is 0 Å². The summed E-state index contributed by atoms with van der Waals surface area (Å²) in [5.74, 6) is -0.367. The van der Waals surface area contributed by atoms with Gasteiger partial charge >= 0.3 is 0 Å². The van der Waals surface area contributed by atoms with E-state index in [0.717, 1.165) is 11.1 Å². The molecule has 2 aromatic rings. The molecule has 30 heavy (non-hydrogen) atoms. The highest BCUT2D eigenvalue weighted by molar-refractivity contribution is 7.99. The molecule has 0 aromatic heterocycles. The van der Waals surface area contributed by atoms with Crippen molar-refractivity contribution in [2.45, 2.75) is 52.1 Å². The fourth-order valence-corrected chi connectivity index (χ4v) is 4.12. The van der Waals surface area contributed by atoms with Gasteiger partial charge in [-0.1, -0.05) is 47.5 Å². The second-order valence-corrected chi connectivity index (χ2v) is 8.93. The number of halogens is 2. The van der Waals surface area contributed by atoms with Gasteiger partial charge in [-0.15, -0.1) is 11.8 Å². The van der Waals surface area contributed by atoms with Crippen molar-refractivity contribution in [1.82, 2.24) is 10.2 Å². The first kappa shape index (κ1) is 24.2. The van der Waals surface area contributed by atoms with Gasteiger partial charge in [0.1, 0.15) is 11.9 Å². The Bertz CT molecular complexity index is 854. The van der Waals surface area contributed by atoms with E-state index in [1.807, 2.05) is 45.0 Å². The predicted molar refractivity (Wildman–Crippen MR) is 122 cm³/mol. The Morgan fingerprint density at radius 2 is 1.80 bits per heavy atom. The summed E-state index contributed by atoms with van der Waals surface area (Å²) in [6, 6.07) is 11.7. The standard InChI is InChI=1S/C23H28ClFN2O2S/c1-15(2)26-23(29)17(4)27(12-18-10-8-16(3)9-11-18)22(28)14-30-13-19-20(24)6-5-7-21(19)25/h5-11,15,17H,12-14H2,1-4H3,(H,26,29). The van der Waals surface area contributed by atoms with E-state index >= 15 is 0 Å². The molecule has 162 valence electrons. The Labute approximate surface area is 187 Å². The van der Waals surface area contributed by atoms with Crippen molar-refractivity contribution >= 4 is 35.2 Å². The van der Waals surface area contributed by atoms with Gasteiger partial charge in [-0.3, -0.25) is 9.59 Å². The third-order valence-electron chi connectivity index (χ3n) is 4.61. The first-order valence-electron chi connectivity index (χ1n) is 9.85. The fraction of sp³-hybridized carbons (Fsp3) is 0.391. The summed E-state index contributed by atoms with van der Waals surface area (Å²) >= 11 is 7.35.